The molecular formula is C19H22O. The predicted octanol–water partition coefficient (Wildman–Crippen LogP) is 6.01. The van der Waals surface area contributed by atoms with Gasteiger partial charge in [-0.05, 0) is 40.7 Å². The Kier molecular flexibility index (Phi) is 2.89. The van der Waals surface area contributed by atoms with Gasteiger partial charge in [0.25, 0.3) is 0 Å². The normalized spacial score (nSPS) is 12.7. The van der Waals surface area contributed by atoms with Crippen LogP contribution in [0.1, 0.15) is 51.7 Å². The molecule has 0 bridgehead atoms. The van der Waals surface area contributed by atoms with Gasteiger partial charge in [-0.1, -0.05) is 52.8 Å². The predicted molar refractivity (Wildman–Crippen MR) is 86.5 cm³/mol. The molecule has 0 N–H and O–H groups in total. The van der Waals surface area contributed by atoms with Crippen molar-refractivity contribution in [2.45, 2.75) is 46.0 Å². The van der Waals surface area contributed by atoms with Crippen LogP contribution in [-0.2, 0) is 5.41 Å². The van der Waals surface area contributed by atoms with Gasteiger partial charge in [0.05, 0.1) is 0 Å². The van der Waals surface area contributed by atoms with Crippen molar-refractivity contribution in [2.75, 3.05) is 0 Å². The highest BCUT2D eigenvalue weighted by molar-refractivity contribution is 6.07. The van der Waals surface area contributed by atoms with Gasteiger partial charge in [-0.2, -0.15) is 0 Å². The Morgan fingerprint density at radius 2 is 1.70 bits per heavy atom. The Hall–Kier alpha value is -1.76. The van der Waals surface area contributed by atoms with E-state index in [1.54, 1.807) is 0 Å². The molecule has 0 atom stereocenters. The molecule has 3 aromatic rings. The number of fused-ring (bicyclic) bond motifs is 3. The van der Waals surface area contributed by atoms with Crippen LogP contribution in [0, 0.1) is 0 Å². The minimum Gasteiger partial charge on any atom is -0.456 e. The van der Waals surface area contributed by atoms with Crippen molar-refractivity contribution >= 4 is 21.9 Å². The molecule has 0 radical (unpaired) electrons. The van der Waals surface area contributed by atoms with Crippen molar-refractivity contribution < 1.29 is 4.42 Å². The fraction of sp³-hybridized carbons (Fsp3) is 0.368. The summed E-state index contributed by atoms with van der Waals surface area (Å²) in [6.45, 7) is 11.2. The lowest BCUT2D eigenvalue weighted by Gasteiger charge is -2.18. The summed E-state index contributed by atoms with van der Waals surface area (Å²) < 4.78 is 6.01. The number of benzene rings is 2. The van der Waals surface area contributed by atoms with E-state index in [0.29, 0.717) is 5.92 Å². The highest BCUT2D eigenvalue weighted by Gasteiger charge is 2.18. The second-order valence-corrected chi connectivity index (χ2v) is 6.94. The number of furan rings is 1. The fourth-order valence-electron chi connectivity index (χ4n) is 2.80. The van der Waals surface area contributed by atoms with E-state index < -0.39 is 0 Å². The third-order valence-corrected chi connectivity index (χ3v) is 4.02. The Morgan fingerprint density at radius 3 is 2.35 bits per heavy atom. The summed E-state index contributed by atoms with van der Waals surface area (Å²) in [5.74, 6) is 0.498. The molecule has 0 amide bonds. The van der Waals surface area contributed by atoms with E-state index in [0.717, 1.165) is 11.2 Å². The first-order valence-electron chi connectivity index (χ1n) is 7.33. The van der Waals surface area contributed by atoms with Gasteiger partial charge < -0.3 is 4.42 Å². The summed E-state index contributed by atoms with van der Waals surface area (Å²) in [6.07, 6.45) is 0. The van der Waals surface area contributed by atoms with Gasteiger partial charge in [-0.15, -0.1) is 0 Å². The number of rotatable bonds is 1. The van der Waals surface area contributed by atoms with E-state index >= 15 is 0 Å². The van der Waals surface area contributed by atoms with Crippen LogP contribution in [0.15, 0.2) is 40.8 Å². The van der Waals surface area contributed by atoms with Crippen LogP contribution in [-0.4, -0.2) is 0 Å². The molecule has 2 aromatic carbocycles. The number of hydrogen-bond acceptors (Lipinski definition) is 1. The standard InChI is InChI=1S/C19H22O/c1-12(2)14-7-6-8-17-18(14)15-11-13(19(3,4)5)9-10-16(15)20-17/h6-12H,1-5H3. The maximum Gasteiger partial charge on any atom is 0.135 e. The third-order valence-electron chi connectivity index (χ3n) is 4.02. The Balaban J connectivity index is 2.40. The lowest BCUT2D eigenvalue weighted by atomic mass is 9.86. The third kappa shape index (κ3) is 2.02. The quantitative estimate of drug-likeness (QED) is 0.526. The van der Waals surface area contributed by atoms with E-state index in [9.17, 15) is 0 Å². The summed E-state index contributed by atoms with van der Waals surface area (Å²) >= 11 is 0. The van der Waals surface area contributed by atoms with Gasteiger partial charge in [0, 0.05) is 10.8 Å². The molecule has 0 aliphatic rings. The van der Waals surface area contributed by atoms with Crippen molar-refractivity contribution in [2.24, 2.45) is 0 Å². The maximum absolute atomic E-state index is 6.01. The van der Waals surface area contributed by atoms with Crippen LogP contribution in [0.5, 0.6) is 0 Å². The zero-order valence-corrected chi connectivity index (χ0v) is 12.9. The Morgan fingerprint density at radius 1 is 0.950 bits per heavy atom. The lowest BCUT2D eigenvalue weighted by Crippen LogP contribution is -2.10. The maximum atomic E-state index is 6.01. The van der Waals surface area contributed by atoms with Gasteiger partial charge in [0.15, 0.2) is 0 Å². The SMILES string of the molecule is CC(C)c1cccc2oc3ccc(C(C)(C)C)cc3c12. The molecule has 0 fully saturated rings. The van der Waals surface area contributed by atoms with E-state index in [1.807, 2.05) is 0 Å². The average molecular weight is 266 g/mol. The molecule has 1 heterocycles. The molecule has 1 nitrogen and oxygen atoms in total. The van der Waals surface area contributed by atoms with Crippen molar-refractivity contribution in [1.82, 2.24) is 0 Å². The highest BCUT2D eigenvalue weighted by Crippen LogP contribution is 2.36. The minimum atomic E-state index is 0.157. The summed E-state index contributed by atoms with van der Waals surface area (Å²) in [7, 11) is 0. The molecule has 1 aromatic heterocycles. The summed E-state index contributed by atoms with van der Waals surface area (Å²) in [5, 5.41) is 2.53. The Labute approximate surface area is 120 Å². The topological polar surface area (TPSA) is 13.1 Å². The highest BCUT2D eigenvalue weighted by atomic mass is 16.3. The molecule has 0 saturated heterocycles. The van der Waals surface area contributed by atoms with Crippen molar-refractivity contribution in [3.63, 3.8) is 0 Å². The zero-order valence-electron chi connectivity index (χ0n) is 12.9. The number of hydrogen-bond donors (Lipinski definition) is 0. The average Bonchev–Trinajstić information content (AvgIpc) is 2.74. The van der Waals surface area contributed by atoms with E-state index in [1.165, 1.54) is 21.9 Å². The largest absolute Gasteiger partial charge is 0.456 e. The fourth-order valence-corrected chi connectivity index (χ4v) is 2.80. The van der Waals surface area contributed by atoms with Crippen LogP contribution in [0.25, 0.3) is 21.9 Å². The van der Waals surface area contributed by atoms with Gasteiger partial charge in [0.1, 0.15) is 11.2 Å². The smallest absolute Gasteiger partial charge is 0.135 e. The second kappa shape index (κ2) is 4.37. The summed E-state index contributed by atoms with van der Waals surface area (Å²) in [6, 6.07) is 13.0. The van der Waals surface area contributed by atoms with Crippen LogP contribution in [0.2, 0.25) is 0 Å². The van der Waals surface area contributed by atoms with Crippen molar-refractivity contribution in [3.8, 4) is 0 Å². The molecule has 0 saturated carbocycles. The molecule has 1 heteroatoms. The molecular weight excluding hydrogens is 244 g/mol. The van der Waals surface area contributed by atoms with Crippen molar-refractivity contribution in [3.05, 3.63) is 47.5 Å². The molecule has 0 aliphatic carbocycles. The molecule has 0 unspecified atom stereocenters. The first-order valence-corrected chi connectivity index (χ1v) is 7.33. The first kappa shape index (κ1) is 13.2. The molecule has 3 rings (SSSR count). The van der Waals surface area contributed by atoms with E-state index in [2.05, 4.69) is 71.0 Å². The molecule has 0 aliphatic heterocycles. The molecule has 20 heavy (non-hydrogen) atoms. The van der Waals surface area contributed by atoms with Crippen LogP contribution in [0.4, 0.5) is 0 Å². The van der Waals surface area contributed by atoms with Crippen LogP contribution < -0.4 is 0 Å². The van der Waals surface area contributed by atoms with Crippen molar-refractivity contribution in [1.29, 1.82) is 0 Å². The van der Waals surface area contributed by atoms with Gasteiger partial charge in [-0.3, -0.25) is 0 Å². The van der Waals surface area contributed by atoms with Crippen LogP contribution >= 0.6 is 0 Å². The Bertz CT molecular complexity index is 769. The van der Waals surface area contributed by atoms with Crippen LogP contribution in [0.3, 0.4) is 0 Å². The van der Waals surface area contributed by atoms with Gasteiger partial charge >= 0.3 is 0 Å². The summed E-state index contributed by atoms with van der Waals surface area (Å²) in [5.41, 5.74) is 4.86. The van der Waals surface area contributed by atoms with E-state index in [-0.39, 0.29) is 5.41 Å². The first-order chi connectivity index (χ1) is 9.38. The van der Waals surface area contributed by atoms with E-state index in [4.69, 9.17) is 4.42 Å². The van der Waals surface area contributed by atoms with Gasteiger partial charge in [-0.25, -0.2) is 0 Å². The molecule has 0 spiro atoms. The molecule has 104 valence electrons. The monoisotopic (exact) mass is 266 g/mol. The lowest BCUT2D eigenvalue weighted by molar-refractivity contribution is 0.590. The minimum absolute atomic E-state index is 0.157. The second-order valence-electron chi connectivity index (χ2n) is 6.94. The van der Waals surface area contributed by atoms with Gasteiger partial charge in [0.2, 0.25) is 0 Å². The summed E-state index contributed by atoms with van der Waals surface area (Å²) in [4.78, 5) is 0. The zero-order chi connectivity index (χ0) is 14.5.